The molecule has 1 heterocycles. The number of nitrogens with zero attached hydrogens (tertiary/aromatic N) is 1. The first-order valence-corrected chi connectivity index (χ1v) is 18.8. The van der Waals surface area contributed by atoms with E-state index >= 15 is 0 Å². The third kappa shape index (κ3) is 13.1. The molecule has 1 aromatic heterocycles. The Kier molecular flexibility index (Phi) is 15.6. The predicted octanol–water partition coefficient (Wildman–Crippen LogP) is 1.94. The summed E-state index contributed by atoms with van der Waals surface area (Å²) in [7, 11) is -4.89. The summed E-state index contributed by atoms with van der Waals surface area (Å²) in [6.07, 6.45) is -0.707. The van der Waals surface area contributed by atoms with Gasteiger partial charge in [-0.3, -0.25) is 23.7 Å². The number of phosphoric ester groups is 1. The fourth-order valence-corrected chi connectivity index (χ4v) is 5.93. The predicted molar refractivity (Wildman–Crippen MR) is 192 cm³/mol. The van der Waals surface area contributed by atoms with Crippen LogP contribution in [0, 0.1) is 11.8 Å². The molecular formula is C36H45N4O12P. The molecule has 2 aromatic carbocycles. The number of rotatable bonds is 19. The Labute approximate surface area is 305 Å². The van der Waals surface area contributed by atoms with Crippen molar-refractivity contribution in [2.75, 3.05) is 26.3 Å². The molecular weight excluding hydrogens is 711 g/mol. The van der Waals surface area contributed by atoms with Gasteiger partial charge < -0.3 is 40.1 Å². The van der Waals surface area contributed by atoms with Crippen LogP contribution in [0.2, 0.25) is 0 Å². The van der Waals surface area contributed by atoms with Crippen molar-refractivity contribution >= 4 is 19.8 Å². The van der Waals surface area contributed by atoms with Crippen LogP contribution in [0.3, 0.4) is 0 Å². The van der Waals surface area contributed by atoms with Crippen LogP contribution in [0.4, 0.5) is 4.79 Å². The van der Waals surface area contributed by atoms with Gasteiger partial charge in [0.25, 0.3) is 5.56 Å². The van der Waals surface area contributed by atoms with Crippen LogP contribution < -0.4 is 21.9 Å². The molecule has 4 atom stereocenters. The molecule has 1 aliphatic carbocycles. The summed E-state index contributed by atoms with van der Waals surface area (Å²) in [5.74, 6) is 6.22. The lowest BCUT2D eigenvalue weighted by Crippen LogP contribution is -2.40. The lowest BCUT2D eigenvalue weighted by Gasteiger charge is -2.26. The number of hydrogen-bond donors (Lipinski definition) is 7. The fourth-order valence-electron chi connectivity index (χ4n) is 5.59. The third-order valence-corrected chi connectivity index (χ3v) is 8.88. The number of H-pyrrole nitrogens is 1. The van der Waals surface area contributed by atoms with Crippen molar-refractivity contribution < 1.29 is 48.2 Å². The quantitative estimate of drug-likeness (QED) is 0.0528. The van der Waals surface area contributed by atoms with Gasteiger partial charge in [0.05, 0.1) is 19.3 Å². The molecule has 53 heavy (non-hydrogen) atoms. The Morgan fingerprint density at radius 3 is 2.43 bits per heavy atom. The molecule has 17 heteroatoms. The number of phosphoric acid groups is 1. The Bertz CT molecular complexity index is 1930. The van der Waals surface area contributed by atoms with Crippen LogP contribution in [0.25, 0.3) is 0 Å². The zero-order chi connectivity index (χ0) is 38.4. The van der Waals surface area contributed by atoms with Crippen molar-refractivity contribution in [2.24, 2.45) is 0 Å². The van der Waals surface area contributed by atoms with Crippen molar-refractivity contribution in [1.29, 1.82) is 0 Å². The number of unbranched alkanes of at least 4 members (excludes halogenated alkanes) is 2. The normalized spacial score (nSPS) is 15.3. The summed E-state index contributed by atoms with van der Waals surface area (Å²) in [5.41, 5.74) is 2.14. The molecule has 0 aliphatic heterocycles. The van der Waals surface area contributed by atoms with Gasteiger partial charge in [0.2, 0.25) is 5.91 Å². The van der Waals surface area contributed by atoms with Gasteiger partial charge in [-0.05, 0) is 50.3 Å². The Morgan fingerprint density at radius 1 is 1.00 bits per heavy atom. The number of benzene rings is 2. The highest BCUT2D eigenvalue weighted by atomic mass is 31.2. The molecule has 0 radical (unpaired) electrons. The van der Waals surface area contributed by atoms with Gasteiger partial charge in [-0.25, -0.2) is 14.2 Å². The SMILES string of the molecule is C[C@@H](O)[C@@H](COP(=O)(O)O)O[C@H](CO)n1cc(CCCNC(=O)CCCCCNC(=O)OC2Cc3ccccc3C#Cc3ccccc32)c(=O)[nH]c1=O. The van der Waals surface area contributed by atoms with E-state index in [9.17, 15) is 34.0 Å². The van der Waals surface area contributed by atoms with Crippen molar-refractivity contribution in [3.63, 3.8) is 0 Å². The van der Waals surface area contributed by atoms with Crippen LogP contribution in [-0.4, -0.2) is 80.1 Å². The Morgan fingerprint density at radius 2 is 1.70 bits per heavy atom. The number of amides is 2. The Balaban J connectivity index is 1.16. The first kappa shape index (κ1) is 41.2. The van der Waals surface area contributed by atoms with Crippen molar-refractivity contribution in [3.8, 4) is 11.8 Å². The number of aliphatic hydroxyl groups is 2. The summed E-state index contributed by atoms with van der Waals surface area (Å²) < 4.78 is 27.7. The highest BCUT2D eigenvalue weighted by Gasteiger charge is 2.27. The molecule has 0 saturated carbocycles. The molecule has 2 amide bonds. The molecule has 1 aliphatic rings. The minimum atomic E-state index is -4.89. The summed E-state index contributed by atoms with van der Waals surface area (Å²) in [4.78, 5) is 70.0. The molecule has 286 valence electrons. The number of carbonyl (C=O) groups is 2. The van der Waals surface area contributed by atoms with Gasteiger partial charge in [-0.15, -0.1) is 0 Å². The zero-order valence-corrected chi connectivity index (χ0v) is 30.1. The number of aryl methyl sites for hydroxylation is 1. The molecule has 7 N–H and O–H groups in total. The summed E-state index contributed by atoms with van der Waals surface area (Å²) in [5, 5.41) is 25.4. The second kappa shape index (κ2) is 20.0. The molecule has 0 fully saturated rings. The summed E-state index contributed by atoms with van der Waals surface area (Å²) in [6, 6.07) is 15.4. The molecule has 16 nitrogen and oxygen atoms in total. The van der Waals surface area contributed by atoms with Gasteiger partial charge in [0, 0.05) is 54.4 Å². The standard InChI is InChI=1S/C36H45N4O12P/c1-24(42)31(23-50-53(47,48)49)51-33(22-41)40-21-28(34(44)39-35(40)45)13-9-19-37-32(43)15-3-2-8-18-38-36(46)52-30-20-27-12-5-4-10-25(27)16-17-26-11-6-7-14-29(26)30/h4-7,10-12,14,21,24,30-31,33,41-42H,2-3,8-9,13,15,18-20,22-23H2,1H3,(H,37,43)(H,38,46)(H,39,44,45)(H2,47,48,49)/t24-,30?,31-,33-/m1/s1. The average molecular weight is 757 g/mol. The van der Waals surface area contributed by atoms with Gasteiger partial charge in [-0.1, -0.05) is 54.7 Å². The number of alkyl carbamates (subject to hydrolysis) is 1. The number of ether oxygens (including phenoxy) is 2. The van der Waals surface area contributed by atoms with E-state index in [-0.39, 0.29) is 30.9 Å². The third-order valence-electron chi connectivity index (χ3n) is 8.39. The van der Waals surface area contributed by atoms with Gasteiger partial charge in [0.1, 0.15) is 12.2 Å². The molecule has 1 unspecified atom stereocenters. The van der Waals surface area contributed by atoms with Gasteiger partial charge >= 0.3 is 19.6 Å². The smallest absolute Gasteiger partial charge is 0.441 e. The van der Waals surface area contributed by atoms with Crippen LogP contribution in [-0.2, 0) is 36.2 Å². The highest BCUT2D eigenvalue weighted by Crippen LogP contribution is 2.36. The summed E-state index contributed by atoms with van der Waals surface area (Å²) >= 11 is 0. The number of nitrogens with one attached hydrogen (secondary N) is 3. The van der Waals surface area contributed by atoms with Crippen molar-refractivity contribution in [1.82, 2.24) is 20.2 Å². The molecule has 0 saturated heterocycles. The van der Waals surface area contributed by atoms with E-state index in [1.165, 1.54) is 13.1 Å². The first-order valence-electron chi connectivity index (χ1n) is 17.2. The van der Waals surface area contributed by atoms with Gasteiger partial charge in [-0.2, -0.15) is 0 Å². The van der Waals surface area contributed by atoms with E-state index in [0.717, 1.165) is 26.8 Å². The fraction of sp³-hybridized carbons (Fsp3) is 0.444. The molecule has 3 aromatic rings. The van der Waals surface area contributed by atoms with Crippen LogP contribution in [0.1, 0.15) is 79.2 Å². The van der Waals surface area contributed by atoms with Crippen molar-refractivity contribution in [3.05, 3.63) is 103 Å². The van der Waals surface area contributed by atoms with Crippen LogP contribution in [0.5, 0.6) is 0 Å². The maximum atomic E-state index is 12.7. The van der Waals surface area contributed by atoms with Crippen LogP contribution >= 0.6 is 7.82 Å². The maximum Gasteiger partial charge on any atom is 0.469 e. The lowest BCUT2D eigenvalue weighted by atomic mass is 9.92. The van der Waals surface area contributed by atoms with E-state index in [1.54, 1.807) is 0 Å². The van der Waals surface area contributed by atoms with Gasteiger partial charge in [0.15, 0.2) is 6.23 Å². The van der Waals surface area contributed by atoms with E-state index in [2.05, 4.69) is 32.0 Å². The largest absolute Gasteiger partial charge is 0.469 e. The minimum Gasteiger partial charge on any atom is -0.441 e. The minimum absolute atomic E-state index is 0.156. The molecule has 0 bridgehead atoms. The number of aliphatic hydroxyl groups excluding tert-OH is 2. The summed E-state index contributed by atoms with van der Waals surface area (Å²) in [6.45, 7) is 0.377. The maximum absolute atomic E-state index is 12.7. The van der Waals surface area contributed by atoms with E-state index < -0.39 is 62.9 Å². The number of fused-ring (bicyclic) bond motifs is 2. The second-order valence-corrected chi connectivity index (χ2v) is 13.7. The van der Waals surface area contributed by atoms with Crippen molar-refractivity contribution in [2.45, 2.75) is 76.4 Å². The number of carbonyl (C=O) groups excluding carboxylic acids is 2. The average Bonchev–Trinajstić information content (AvgIpc) is 3.10. The number of aromatic amines is 1. The van der Waals surface area contributed by atoms with E-state index in [1.807, 2.05) is 48.5 Å². The monoisotopic (exact) mass is 756 g/mol. The zero-order valence-electron chi connectivity index (χ0n) is 29.2. The highest BCUT2D eigenvalue weighted by molar-refractivity contribution is 7.46. The lowest BCUT2D eigenvalue weighted by molar-refractivity contribution is -0.133. The van der Waals surface area contributed by atoms with Crippen LogP contribution in [0.15, 0.2) is 64.3 Å². The first-order chi connectivity index (χ1) is 25.3. The van der Waals surface area contributed by atoms with E-state index in [4.69, 9.17) is 19.3 Å². The molecule has 0 spiro atoms. The molecule has 4 rings (SSSR count). The van der Waals surface area contributed by atoms with E-state index in [0.29, 0.717) is 38.6 Å². The number of hydrogen-bond acceptors (Lipinski definition) is 10. The second-order valence-electron chi connectivity index (χ2n) is 12.4. The number of aromatic nitrogens is 2. The topological polar surface area (TPSA) is 239 Å². The Hall–Kier alpha value is -4.59.